The Morgan fingerprint density at radius 2 is 2.14 bits per heavy atom. The average molecular weight is 399 g/mol. The number of carbonyl (C=O) groups is 1. The SMILES string of the molecule is Cc1c(-c2cccs2)[nH]n2c(=O)c3c(nc12)CN(C(=O)CN1CCOCC1)C3. The first kappa shape index (κ1) is 17.6. The summed E-state index contributed by atoms with van der Waals surface area (Å²) in [5, 5.41) is 5.21. The van der Waals surface area contributed by atoms with Crippen molar-refractivity contribution in [2.75, 3.05) is 32.8 Å². The summed E-state index contributed by atoms with van der Waals surface area (Å²) in [7, 11) is 0. The first-order valence-electron chi connectivity index (χ1n) is 9.36. The maximum atomic E-state index is 13.0. The van der Waals surface area contributed by atoms with Gasteiger partial charge in [-0.2, -0.15) is 0 Å². The maximum absolute atomic E-state index is 13.0. The minimum atomic E-state index is -0.118. The van der Waals surface area contributed by atoms with E-state index in [0.29, 0.717) is 49.8 Å². The second kappa shape index (κ2) is 6.84. The average Bonchev–Trinajstić information content (AvgIpc) is 3.43. The zero-order chi connectivity index (χ0) is 19.3. The number of nitrogens with one attached hydrogen (secondary N) is 1. The molecule has 0 spiro atoms. The van der Waals surface area contributed by atoms with E-state index in [-0.39, 0.29) is 11.5 Å². The van der Waals surface area contributed by atoms with Gasteiger partial charge in [0.2, 0.25) is 5.91 Å². The molecule has 0 aromatic carbocycles. The third-order valence-electron chi connectivity index (χ3n) is 5.47. The number of hydrogen-bond acceptors (Lipinski definition) is 6. The van der Waals surface area contributed by atoms with Crippen LogP contribution in [0.1, 0.15) is 16.8 Å². The van der Waals surface area contributed by atoms with Gasteiger partial charge in [-0.3, -0.25) is 19.6 Å². The lowest BCUT2D eigenvalue weighted by atomic mass is 10.2. The summed E-state index contributed by atoms with van der Waals surface area (Å²) in [5.74, 6) is 0.0314. The molecule has 1 amide bonds. The van der Waals surface area contributed by atoms with Crippen molar-refractivity contribution in [3.05, 3.63) is 44.7 Å². The van der Waals surface area contributed by atoms with Gasteiger partial charge in [-0.25, -0.2) is 9.50 Å². The minimum Gasteiger partial charge on any atom is -0.379 e. The number of amides is 1. The first-order chi connectivity index (χ1) is 13.6. The van der Waals surface area contributed by atoms with E-state index in [4.69, 9.17) is 9.72 Å². The molecule has 146 valence electrons. The number of H-pyrrole nitrogens is 1. The fraction of sp³-hybridized carbons (Fsp3) is 0.421. The number of hydrogen-bond donors (Lipinski definition) is 1. The van der Waals surface area contributed by atoms with Crippen molar-refractivity contribution in [2.45, 2.75) is 20.0 Å². The highest BCUT2D eigenvalue weighted by atomic mass is 32.1. The third kappa shape index (κ3) is 2.86. The fourth-order valence-corrected chi connectivity index (χ4v) is 4.64. The minimum absolute atomic E-state index is 0.0314. The molecule has 5 rings (SSSR count). The van der Waals surface area contributed by atoms with Crippen molar-refractivity contribution < 1.29 is 9.53 Å². The Kier molecular flexibility index (Phi) is 4.30. The molecule has 0 bridgehead atoms. The van der Waals surface area contributed by atoms with E-state index < -0.39 is 0 Å². The Labute approximate surface area is 165 Å². The first-order valence-corrected chi connectivity index (χ1v) is 10.2. The highest BCUT2D eigenvalue weighted by Gasteiger charge is 2.30. The van der Waals surface area contributed by atoms with Gasteiger partial charge >= 0.3 is 0 Å². The quantitative estimate of drug-likeness (QED) is 0.716. The Morgan fingerprint density at radius 3 is 2.89 bits per heavy atom. The van der Waals surface area contributed by atoms with Crippen LogP contribution in [0.3, 0.4) is 0 Å². The number of ether oxygens (including phenoxy) is 1. The topological polar surface area (TPSA) is 82.9 Å². The van der Waals surface area contributed by atoms with Gasteiger partial charge in [0.05, 0.1) is 54.7 Å². The molecule has 9 heteroatoms. The number of aromatic amines is 1. The molecule has 5 heterocycles. The molecular weight excluding hydrogens is 378 g/mol. The van der Waals surface area contributed by atoms with Gasteiger partial charge in [0.15, 0.2) is 5.65 Å². The number of carbonyl (C=O) groups excluding carboxylic acids is 1. The maximum Gasteiger partial charge on any atom is 0.278 e. The summed E-state index contributed by atoms with van der Waals surface area (Å²) < 4.78 is 6.85. The van der Waals surface area contributed by atoms with Crippen molar-refractivity contribution in [1.29, 1.82) is 0 Å². The van der Waals surface area contributed by atoms with Crippen molar-refractivity contribution >= 4 is 22.9 Å². The summed E-state index contributed by atoms with van der Waals surface area (Å²) >= 11 is 1.62. The third-order valence-corrected chi connectivity index (χ3v) is 6.36. The Hall–Kier alpha value is -2.49. The lowest BCUT2D eigenvalue weighted by molar-refractivity contribution is -0.134. The number of thiophene rings is 1. The Morgan fingerprint density at radius 1 is 1.32 bits per heavy atom. The summed E-state index contributed by atoms with van der Waals surface area (Å²) in [6, 6.07) is 4.01. The summed E-state index contributed by atoms with van der Waals surface area (Å²) in [4.78, 5) is 35.4. The van der Waals surface area contributed by atoms with Crippen molar-refractivity contribution in [3.63, 3.8) is 0 Å². The van der Waals surface area contributed by atoms with E-state index in [0.717, 1.165) is 29.2 Å². The van der Waals surface area contributed by atoms with E-state index in [9.17, 15) is 9.59 Å². The fourth-order valence-electron chi connectivity index (χ4n) is 3.87. The monoisotopic (exact) mass is 399 g/mol. The largest absolute Gasteiger partial charge is 0.379 e. The van der Waals surface area contributed by atoms with Crippen LogP contribution < -0.4 is 5.56 Å². The normalized spacial score (nSPS) is 17.4. The van der Waals surface area contributed by atoms with Crippen molar-refractivity contribution in [2.24, 2.45) is 0 Å². The standard InChI is InChI=1S/C19H21N5O3S/c1-12-17(15-3-2-8-28-15)21-24-18(12)20-14-10-23(9-13(14)19(24)26)16(25)11-22-4-6-27-7-5-22/h2-3,8,21H,4-7,9-11H2,1H3. The van der Waals surface area contributed by atoms with Gasteiger partial charge in [-0.05, 0) is 18.4 Å². The molecule has 1 saturated heterocycles. The molecule has 28 heavy (non-hydrogen) atoms. The van der Waals surface area contributed by atoms with Gasteiger partial charge in [0.25, 0.3) is 5.56 Å². The molecule has 2 aliphatic heterocycles. The highest BCUT2D eigenvalue weighted by Crippen LogP contribution is 2.29. The van der Waals surface area contributed by atoms with Gasteiger partial charge in [0, 0.05) is 18.7 Å². The van der Waals surface area contributed by atoms with Gasteiger partial charge in [-0.1, -0.05) is 6.07 Å². The van der Waals surface area contributed by atoms with Crippen molar-refractivity contribution in [1.82, 2.24) is 24.4 Å². The number of aryl methyl sites for hydroxylation is 1. The zero-order valence-corrected chi connectivity index (χ0v) is 16.4. The van der Waals surface area contributed by atoms with Gasteiger partial charge in [0.1, 0.15) is 0 Å². The number of rotatable bonds is 3. The number of fused-ring (bicyclic) bond motifs is 2. The van der Waals surface area contributed by atoms with E-state index in [1.807, 2.05) is 24.4 Å². The predicted octanol–water partition coefficient (Wildman–Crippen LogP) is 1.23. The van der Waals surface area contributed by atoms with Crippen molar-refractivity contribution in [3.8, 4) is 10.6 Å². The number of aromatic nitrogens is 3. The van der Waals surface area contributed by atoms with Crippen LogP contribution in [-0.2, 0) is 22.6 Å². The second-order valence-electron chi connectivity index (χ2n) is 7.23. The molecule has 1 N–H and O–H groups in total. The number of nitrogens with zero attached hydrogens (tertiary/aromatic N) is 4. The molecule has 0 radical (unpaired) electrons. The van der Waals surface area contributed by atoms with Crippen LogP contribution >= 0.6 is 11.3 Å². The van der Waals surface area contributed by atoms with E-state index in [1.54, 1.807) is 16.2 Å². The summed E-state index contributed by atoms with van der Waals surface area (Å²) in [6.07, 6.45) is 0. The lowest BCUT2D eigenvalue weighted by Gasteiger charge is -2.27. The molecular formula is C19H21N5O3S. The molecule has 0 aliphatic carbocycles. The molecule has 2 aliphatic rings. The zero-order valence-electron chi connectivity index (χ0n) is 15.6. The van der Waals surface area contributed by atoms with Gasteiger partial charge in [-0.15, -0.1) is 11.3 Å². The predicted molar refractivity (Wildman–Crippen MR) is 105 cm³/mol. The molecule has 0 unspecified atom stereocenters. The Bertz CT molecular complexity index is 1100. The lowest BCUT2D eigenvalue weighted by Crippen LogP contribution is -2.43. The molecule has 3 aromatic heterocycles. The van der Waals surface area contributed by atoms with Crippen LogP contribution in [0.5, 0.6) is 0 Å². The second-order valence-corrected chi connectivity index (χ2v) is 8.18. The van der Waals surface area contributed by atoms with E-state index in [1.165, 1.54) is 4.52 Å². The summed E-state index contributed by atoms with van der Waals surface area (Å²) in [6.45, 7) is 5.89. The van der Waals surface area contributed by atoms with Crippen LogP contribution in [0.15, 0.2) is 22.3 Å². The van der Waals surface area contributed by atoms with Crippen LogP contribution in [0.2, 0.25) is 0 Å². The smallest absolute Gasteiger partial charge is 0.278 e. The van der Waals surface area contributed by atoms with Crippen LogP contribution in [0.4, 0.5) is 0 Å². The number of morpholine rings is 1. The highest BCUT2D eigenvalue weighted by molar-refractivity contribution is 7.13. The van der Waals surface area contributed by atoms with Gasteiger partial charge < -0.3 is 9.64 Å². The van der Waals surface area contributed by atoms with E-state index in [2.05, 4.69) is 10.00 Å². The molecule has 0 saturated carbocycles. The Balaban J connectivity index is 1.43. The molecule has 3 aromatic rings. The molecule has 1 fully saturated rings. The van der Waals surface area contributed by atoms with Crippen LogP contribution in [0, 0.1) is 6.92 Å². The van der Waals surface area contributed by atoms with Crippen LogP contribution in [0.25, 0.3) is 16.2 Å². The van der Waals surface area contributed by atoms with E-state index >= 15 is 0 Å². The molecule has 0 atom stereocenters. The summed E-state index contributed by atoms with van der Waals surface area (Å²) in [5.41, 5.74) is 3.69. The molecule has 8 nitrogen and oxygen atoms in total. The van der Waals surface area contributed by atoms with Crippen LogP contribution in [-0.4, -0.2) is 63.2 Å².